The lowest BCUT2D eigenvalue weighted by molar-refractivity contribution is -0.312. The highest BCUT2D eigenvalue weighted by Gasteiger charge is 2.31. The molecule has 1 aliphatic rings. The number of aliphatic carboxylic acids is 1. The molecule has 6 heteroatoms. The Morgan fingerprint density at radius 1 is 1.22 bits per heavy atom. The van der Waals surface area contributed by atoms with Crippen LogP contribution in [0, 0.1) is 12.8 Å². The summed E-state index contributed by atoms with van der Waals surface area (Å²) in [6.45, 7) is 8.35. The van der Waals surface area contributed by atoms with E-state index in [1.165, 1.54) is 4.31 Å². The first-order valence-corrected chi connectivity index (χ1v) is 9.29. The summed E-state index contributed by atoms with van der Waals surface area (Å²) in [4.78, 5) is 11.2. The maximum atomic E-state index is 12.9. The number of nitrogens with zero attached hydrogens (tertiary/aromatic N) is 1. The van der Waals surface area contributed by atoms with Gasteiger partial charge in [0.15, 0.2) is 0 Å². The van der Waals surface area contributed by atoms with Gasteiger partial charge in [-0.05, 0) is 42.4 Å². The van der Waals surface area contributed by atoms with Gasteiger partial charge in [-0.3, -0.25) is 0 Å². The number of hydrogen-bond donors (Lipinski definition) is 0. The lowest BCUT2D eigenvalue weighted by Gasteiger charge is -2.32. The number of carboxylic acids is 1. The molecule has 0 aliphatic carbocycles. The average molecular weight is 338 g/mol. The Morgan fingerprint density at radius 2 is 1.78 bits per heavy atom. The molecule has 1 fully saturated rings. The maximum Gasteiger partial charge on any atom is 0.243 e. The zero-order valence-electron chi connectivity index (χ0n) is 14.1. The monoisotopic (exact) mass is 338 g/mol. The van der Waals surface area contributed by atoms with Crippen LogP contribution in [0.25, 0.3) is 0 Å². The molecule has 0 N–H and O–H groups in total. The molecule has 23 heavy (non-hydrogen) atoms. The molecular weight excluding hydrogens is 314 g/mol. The highest BCUT2D eigenvalue weighted by atomic mass is 32.2. The molecule has 128 valence electrons. The second-order valence-corrected chi connectivity index (χ2v) is 9.13. The number of hydrogen-bond acceptors (Lipinski definition) is 4. The van der Waals surface area contributed by atoms with Crippen molar-refractivity contribution in [1.29, 1.82) is 0 Å². The fourth-order valence-electron chi connectivity index (χ4n) is 2.82. The molecule has 0 atom stereocenters. The fraction of sp³-hybridized carbons (Fsp3) is 0.588. The molecule has 1 saturated heterocycles. The van der Waals surface area contributed by atoms with Crippen LogP contribution in [0.3, 0.4) is 0 Å². The van der Waals surface area contributed by atoms with Crippen molar-refractivity contribution in [3.63, 3.8) is 0 Å². The molecule has 2 rings (SSSR count). The van der Waals surface area contributed by atoms with Gasteiger partial charge in [0, 0.05) is 25.0 Å². The van der Waals surface area contributed by atoms with Gasteiger partial charge in [-0.2, -0.15) is 4.31 Å². The molecule has 5 nitrogen and oxygen atoms in total. The first-order valence-electron chi connectivity index (χ1n) is 7.85. The van der Waals surface area contributed by atoms with E-state index in [2.05, 4.69) is 0 Å². The van der Waals surface area contributed by atoms with Crippen molar-refractivity contribution in [2.45, 2.75) is 50.8 Å². The molecule has 0 saturated carbocycles. The lowest BCUT2D eigenvalue weighted by atomic mass is 9.87. The molecule has 0 spiro atoms. The summed E-state index contributed by atoms with van der Waals surface area (Å²) in [7, 11) is -3.60. The Balaban J connectivity index is 2.32. The standard InChI is InChI=1S/C17H25NO4S/c1-12-5-6-14(17(2,3)4)11-15(12)23(21,22)18-9-7-13(8-10-18)16(19)20/h5-6,11,13H,7-10H2,1-4H3,(H,19,20)/p-1. The Bertz CT molecular complexity index is 696. The highest BCUT2D eigenvalue weighted by molar-refractivity contribution is 7.89. The number of carbonyl (C=O) groups is 1. The van der Waals surface area contributed by atoms with Crippen molar-refractivity contribution in [2.75, 3.05) is 13.1 Å². The van der Waals surface area contributed by atoms with Crippen molar-refractivity contribution >= 4 is 16.0 Å². The number of aryl methyl sites for hydroxylation is 1. The first-order chi connectivity index (χ1) is 10.5. The smallest absolute Gasteiger partial charge is 0.243 e. The van der Waals surface area contributed by atoms with Gasteiger partial charge >= 0.3 is 0 Å². The van der Waals surface area contributed by atoms with Gasteiger partial charge in [0.2, 0.25) is 10.0 Å². The molecule has 0 radical (unpaired) electrons. The van der Waals surface area contributed by atoms with Crippen molar-refractivity contribution in [3.05, 3.63) is 29.3 Å². The van der Waals surface area contributed by atoms with E-state index in [0.717, 1.165) is 5.56 Å². The SMILES string of the molecule is Cc1ccc(C(C)(C)C)cc1S(=O)(=O)N1CCC(C(=O)[O-])CC1. The summed E-state index contributed by atoms with van der Waals surface area (Å²) >= 11 is 0. The molecule has 0 unspecified atom stereocenters. The number of rotatable bonds is 3. The van der Waals surface area contributed by atoms with Crippen LogP contribution in [0.15, 0.2) is 23.1 Å². The van der Waals surface area contributed by atoms with Crippen LogP contribution in [-0.2, 0) is 20.2 Å². The van der Waals surface area contributed by atoms with Crippen LogP contribution in [0.1, 0.15) is 44.7 Å². The molecule has 0 aromatic heterocycles. The van der Waals surface area contributed by atoms with Gasteiger partial charge in [-0.15, -0.1) is 0 Å². The van der Waals surface area contributed by atoms with Gasteiger partial charge in [-0.25, -0.2) is 8.42 Å². The molecule has 1 aromatic carbocycles. The summed E-state index contributed by atoms with van der Waals surface area (Å²) in [6.07, 6.45) is 0.610. The van der Waals surface area contributed by atoms with Crippen LogP contribution >= 0.6 is 0 Å². The summed E-state index contributed by atoms with van der Waals surface area (Å²) < 4.78 is 27.2. The normalized spacial score (nSPS) is 18.1. The maximum absolute atomic E-state index is 12.9. The Hall–Kier alpha value is -1.40. The zero-order valence-corrected chi connectivity index (χ0v) is 14.9. The van der Waals surface area contributed by atoms with Crippen LogP contribution in [0.2, 0.25) is 0 Å². The van der Waals surface area contributed by atoms with Crippen LogP contribution in [0.4, 0.5) is 0 Å². The minimum absolute atomic E-state index is 0.139. The summed E-state index contributed by atoms with van der Waals surface area (Å²) in [6, 6.07) is 5.54. The summed E-state index contributed by atoms with van der Waals surface area (Å²) in [5, 5.41) is 10.9. The number of piperidine rings is 1. The Labute approximate surface area is 138 Å². The second kappa shape index (κ2) is 6.24. The lowest BCUT2D eigenvalue weighted by Crippen LogP contribution is -2.43. The number of carboxylic acid groups (broad SMARTS) is 1. The Morgan fingerprint density at radius 3 is 2.26 bits per heavy atom. The van der Waals surface area contributed by atoms with Crippen LogP contribution < -0.4 is 5.11 Å². The minimum atomic E-state index is -3.60. The van der Waals surface area contributed by atoms with E-state index in [9.17, 15) is 18.3 Å². The topological polar surface area (TPSA) is 77.5 Å². The van der Waals surface area contributed by atoms with Gasteiger partial charge in [0.05, 0.1) is 4.90 Å². The third kappa shape index (κ3) is 3.75. The third-order valence-corrected chi connectivity index (χ3v) is 6.50. The van der Waals surface area contributed by atoms with E-state index in [1.807, 2.05) is 32.9 Å². The van der Waals surface area contributed by atoms with E-state index in [-0.39, 0.29) is 18.5 Å². The molecular formula is C17H24NO4S-. The van der Waals surface area contributed by atoms with E-state index < -0.39 is 21.9 Å². The van der Waals surface area contributed by atoms with E-state index >= 15 is 0 Å². The van der Waals surface area contributed by atoms with Crippen molar-refractivity contribution < 1.29 is 18.3 Å². The molecule has 0 bridgehead atoms. The quantitative estimate of drug-likeness (QED) is 0.835. The summed E-state index contributed by atoms with van der Waals surface area (Å²) in [5.74, 6) is -1.64. The van der Waals surface area contributed by atoms with Crippen molar-refractivity contribution in [3.8, 4) is 0 Å². The van der Waals surface area contributed by atoms with Gasteiger partial charge in [0.25, 0.3) is 0 Å². The average Bonchev–Trinajstić information content (AvgIpc) is 2.46. The van der Waals surface area contributed by atoms with Gasteiger partial charge in [0.1, 0.15) is 0 Å². The third-order valence-electron chi connectivity index (χ3n) is 4.46. The molecule has 1 aromatic rings. The van der Waals surface area contributed by atoms with Gasteiger partial charge in [-0.1, -0.05) is 32.9 Å². The van der Waals surface area contributed by atoms with Gasteiger partial charge < -0.3 is 9.90 Å². The minimum Gasteiger partial charge on any atom is -0.550 e. The van der Waals surface area contributed by atoms with Crippen LogP contribution in [-0.4, -0.2) is 31.8 Å². The number of carbonyl (C=O) groups excluding carboxylic acids is 1. The molecule has 1 aliphatic heterocycles. The molecule has 0 amide bonds. The first kappa shape index (κ1) is 17.9. The van der Waals surface area contributed by atoms with E-state index in [4.69, 9.17) is 0 Å². The van der Waals surface area contributed by atoms with Crippen molar-refractivity contribution in [1.82, 2.24) is 4.31 Å². The fourth-order valence-corrected chi connectivity index (χ4v) is 4.54. The van der Waals surface area contributed by atoms with E-state index in [1.54, 1.807) is 13.0 Å². The molecule has 1 heterocycles. The number of sulfonamides is 1. The number of benzene rings is 1. The summed E-state index contributed by atoms with van der Waals surface area (Å²) in [5.41, 5.74) is 1.53. The van der Waals surface area contributed by atoms with E-state index in [0.29, 0.717) is 23.3 Å². The largest absolute Gasteiger partial charge is 0.550 e. The van der Waals surface area contributed by atoms with Crippen molar-refractivity contribution in [2.24, 2.45) is 5.92 Å². The van der Waals surface area contributed by atoms with Crippen LogP contribution in [0.5, 0.6) is 0 Å². The predicted octanol–water partition coefficient (Wildman–Crippen LogP) is 1.44. The predicted molar refractivity (Wildman–Crippen MR) is 86.4 cm³/mol. The highest BCUT2D eigenvalue weighted by Crippen LogP contribution is 2.30. The second-order valence-electron chi connectivity index (χ2n) is 7.23. The Kier molecular flexibility index (Phi) is 4.87. The zero-order chi connectivity index (χ0) is 17.4.